The Kier molecular flexibility index (Phi) is 3.58. The zero-order valence-corrected chi connectivity index (χ0v) is 8.28. The smallest absolute Gasteiger partial charge is 0.378 e. The van der Waals surface area contributed by atoms with Gasteiger partial charge in [-0.15, -0.1) is 5.10 Å². The van der Waals surface area contributed by atoms with Crippen LogP contribution < -0.4 is 5.73 Å². The lowest BCUT2D eigenvalue weighted by atomic mass is 10.2. The molecule has 0 aromatic carbocycles. The second-order valence-corrected chi connectivity index (χ2v) is 2.90. The average Bonchev–Trinajstić information content (AvgIpc) is 2.66. The minimum absolute atomic E-state index is 0.0575. The number of aromatic nitrogens is 3. The van der Waals surface area contributed by atoms with Crippen molar-refractivity contribution in [2.24, 2.45) is 5.73 Å². The molecule has 0 spiro atoms. The fourth-order valence-corrected chi connectivity index (χ4v) is 0.893. The molecule has 1 atom stereocenters. The van der Waals surface area contributed by atoms with Gasteiger partial charge in [0.1, 0.15) is 5.82 Å². The molecule has 0 amide bonds. The third-order valence-corrected chi connectivity index (χ3v) is 1.78. The normalized spacial score (nSPS) is 12.5. The summed E-state index contributed by atoms with van der Waals surface area (Å²) in [6.07, 6.45) is 0. The van der Waals surface area contributed by atoms with E-state index in [2.05, 4.69) is 15.2 Å². The fraction of sp³-hybridized carbons (Fsp3) is 0.625. The molecule has 0 aliphatic rings. The Morgan fingerprint density at radius 3 is 3.00 bits per heavy atom. The van der Waals surface area contributed by atoms with Gasteiger partial charge in [0.15, 0.2) is 0 Å². The van der Waals surface area contributed by atoms with Crippen LogP contribution in [0.1, 0.15) is 36.2 Å². The predicted molar refractivity (Wildman–Crippen MR) is 49.8 cm³/mol. The van der Waals surface area contributed by atoms with Crippen LogP contribution in [-0.4, -0.2) is 34.3 Å². The molecule has 6 nitrogen and oxygen atoms in total. The van der Waals surface area contributed by atoms with Crippen LogP contribution in [0.5, 0.6) is 0 Å². The lowest BCUT2D eigenvalue weighted by molar-refractivity contribution is 0.0512. The molecule has 0 fully saturated rings. The summed E-state index contributed by atoms with van der Waals surface area (Å²) in [6.45, 7) is 4.40. The van der Waals surface area contributed by atoms with Gasteiger partial charge < -0.3 is 10.5 Å². The van der Waals surface area contributed by atoms with E-state index in [4.69, 9.17) is 10.5 Å². The Morgan fingerprint density at radius 1 is 1.71 bits per heavy atom. The third kappa shape index (κ3) is 2.29. The highest BCUT2D eigenvalue weighted by atomic mass is 16.5. The Hall–Kier alpha value is -1.43. The van der Waals surface area contributed by atoms with Gasteiger partial charge >= 0.3 is 5.97 Å². The molecule has 1 heterocycles. The first-order valence-corrected chi connectivity index (χ1v) is 4.48. The highest BCUT2D eigenvalue weighted by Gasteiger charge is 2.15. The van der Waals surface area contributed by atoms with Crippen LogP contribution in [0.2, 0.25) is 0 Å². The van der Waals surface area contributed by atoms with Gasteiger partial charge in [0.25, 0.3) is 5.82 Å². The van der Waals surface area contributed by atoms with Crippen LogP contribution >= 0.6 is 0 Å². The number of aromatic amines is 1. The molecule has 0 aliphatic carbocycles. The molecule has 14 heavy (non-hydrogen) atoms. The van der Waals surface area contributed by atoms with Gasteiger partial charge in [-0.25, -0.2) is 9.78 Å². The fourth-order valence-electron chi connectivity index (χ4n) is 0.893. The summed E-state index contributed by atoms with van der Waals surface area (Å²) in [5.74, 6) is 0.211. The standard InChI is InChI=1S/C8H14N4O2/c1-3-14-8(13)7-10-6(11-12-7)5(2)4-9/h5H,3-4,9H2,1-2H3,(H,10,11,12). The van der Waals surface area contributed by atoms with Gasteiger partial charge in [-0.2, -0.15) is 0 Å². The number of nitrogens with two attached hydrogens (primary N) is 1. The van der Waals surface area contributed by atoms with Crippen molar-refractivity contribution in [1.82, 2.24) is 15.2 Å². The van der Waals surface area contributed by atoms with E-state index in [9.17, 15) is 4.79 Å². The first-order chi connectivity index (χ1) is 6.69. The number of nitrogens with zero attached hydrogens (tertiary/aromatic N) is 2. The van der Waals surface area contributed by atoms with Crippen molar-refractivity contribution in [3.05, 3.63) is 11.6 Å². The van der Waals surface area contributed by atoms with E-state index < -0.39 is 5.97 Å². The van der Waals surface area contributed by atoms with Gasteiger partial charge in [0, 0.05) is 12.5 Å². The van der Waals surface area contributed by atoms with Crippen LogP contribution in [0, 0.1) is 0 Å². The number of rotatable bonds is 4. The van der Waals surface area contributed by atoms with Crippen molar-refractivity contribution >= 4 is 5.97 Å². The second kappa shape index (κ2) is 4.71. The molecule has 1 rings (SSSR count). The lowest BCUT2D eigenvalue weighted by Gasteiger charge is -2.01. The summed E-state index contributed by atoms with van der Waals surface area (Å²) in [7, 11) is 0. The van der Waals surface area contributed by atoms with E-state index in [0.717, 1.165) is 0 Å². The molecule has 0 radical (unpaired) electrons. The highest BCUT2D eigenvalue weighted by Crippen LogP contribution is 2.07. The van der Waals surface area contributed by atoms with Crippen molar-refractivity contribution in [1.29, 1.82) is 0 Å². The van der Waals surface area contributed by atoms with E-state index in [1.807, 2.05) is 6.92 Å². The highest BCUT2D eigenvalue weighted by molar-refractivity contribution is 5.84. The first-order valence-electron chi connectivity index (χ1n) is 4.48. The number of H-pyrrole nitrogens is 1. The predicted octanol–water partition coefficient (Wildman–Crippen LogP) is 0.0436. The zero-order chi connectivity index (χ0) is 10.6. The summed E-state index contributed by atoms with van der Waals surface area (Å²) in [4.78, 5) is 15.1. The molecular formula is C8H14N4O2. The minimum atomic E-state index is -0.515. The Balaban J connectivity index is 2.72. The number of ether oxygens (including phenoxy) is 1. The van der Waals surface area contributed by atoms with E-state index in [1.54, 1.807) is 6.92 Å². The minimum Gasteiger partial charge on any atom is -0.460 e. The van der Waals surface area contributed by atoms with Crippen LogP contribution in [-0.2, 0) is 4.74 Å². The van der Waals surface area contributed by atoms with E-state index in [1.165, 1.54) is 0 Å². The molecule has 0 aliphatic heterocycles. The number of carbonyl (C=O) groups is 1. The first kappa shape index (κ1) is 10.6. The number of nitrogens with one attached hydrogen (secondary N) is 1. The molecule has 6 heteroatoms. The average molecular weight is 198 g/mol. The molecule has 1 aromatic heterocycles. The maximum Gasteiger partial charge on any atom is 0.378 e. The number of hydrogen-bond acceptors (Lipinski definition) is 5. The van der Waals surface area contributed by atoms with Gasteiger partial charge in [0.2, 0.25) is 0 Å². The molecule has 0 saturated heterocycles. The topological polar surface area (TPSA) is 93.9 Å². The van der Waals surface area contributed by atoms with Crippen molar-refractivity contribution in [2.75, 3.05) is 13.2 Å². The van der Waals surface area contributed by atoms with Gasteiger partial charge in [-0.1, -0.05) is 6.92 Å². The lowest BCUT2D eigenvalue weighted by Crippen LogP contribution is -2.11. The summed E-state index contributed by atoms with van der Waals surface area (Å²) in [6, 6.07) is 0. The molecule has 1 unspecified atom stereocenters. The molecule has 78 valence electrons. The van der Waals surface area contributed by atoms with Crippen molar-refractivity contribution in [2.45, 2.75) is 19.8 Å². The monoisotopic (exact) mass is 198 g/mol. The van der Waals surface area contributed by atoms with Crippen LogP contribution in [0.15, 0.2) is 0 Å². The summed E-state index contributed by atoms with van der Waals surface area (Å²) in [5, 5.41) is 6.39. The summed E-state index contributed by atoms with van der Waals surface area (Å²) >= 11 is 0. The van der Waals surface area contributed by atoms with Gasteiger partial charge in [0.05, 0.1) is 6.61 Å². The van der Waals surface area contributed by atoms with Gasteiger partial charge in [-0.3, -0.25) is 5.10 Å². The molecule has 0 saturated carbocycles. The third-order valence-electron chi connectivity index (χ3n) is 1.78. The second-order valence-electron chi connectivity index (χ2n) is 2.90. The molecule has 1 aromatic rings. The molecule has 3 N–H and O–H groups in total. The maximum atomic E-state index is 11.2. The Morgan fingerprint density at radius 2 is 2.43 bits per heavy atom. The number of hydrogen-bond donors (Lipinski definition) is 2. The Labute approximate surface area is 81.9 Å². The van der Waals surface area contributed by atoms with Gasteiger partial charge in [-0.05, 0) is 6.92 Å². The SMILES string of the molecule is CCOC(=O)c1n[nH]c(C(C)CN)n1. The number of carbonyl (C=O) groups excluding carboxylic acids is 1. The van der Waals surface area contributed by atoms with E-state index >= 15 is 0 Å². The summed E-state index contributed by atoms with van der Waals surface area (Å²) < 4.78 is 4.74. The number of esters is 1. The zero-order valence-electron chi connectivity index (χ0n) is 8.28. The van der Waals surface area contributed by atoms with E-state index in [-0.39, 0.29) is 11.7 Å². The molecule has 0 bridgehead atoms. The maximum absolute atomic E-state index is 11.2. The quantitative estimate of drug-likeness (QED) is 0.666. The van der Waals surface area contributed by atoms with Crippen molar-refractivity contribution in [3.63, 3.8) is 0 Å². The summed E-state index contributed by atoms with van der Waals surface area (Å²) in [5.41, 5.74) is 5.44. The van der Waals surface area contributed by atoms with Crippen LogP contribution in [0.25, 0.3) is 0 Å². The van der Waals surface area contributed by atoms with E-state index in [0.29, 0.717) is 19.0 Å². The largest absolute Gasteiger partial charge is 0.460 e. The van der Waals surface area contributed by atoms with Crippen LogP contribution in [0.3, 0.4) is 0 Å². The van der Waals surface area contributed by atoms with Crippen LogP contribution in [0.4, 0.5) is 0 Å². The molecular weight excluding hydrogens is 184 g/mol. The van der Waals surface area contributed by atoms with Crippen molar-refractivity contribution in [3.8, 4) is 0 Å². The Bertz CT molecular complexity index is 310. The van der Waals surface area contributed by atoms with Crippen molar-refractivity contribution < 1.29 is 9.53 Å².